The van der Waals surface area contributed by atoms with E-state index in [0.29, 0.717) is 22.4 Å². The van der Waals surface area contributed by atoms with Gasteiger partial charge >= 0.3 is 0 Å². The molecule has 1 heterocycles. The first-order valence-corrected chi connectivity index (χ1v) is 8.54. The van der Waals surface area contributed by atoms with E-state index in [0.717, 1.165) is 12.1 Å². The van der Waals surface area contributed by atoms with Crippen LogP contribution in [0.4, 0.5) is 14.5 Å². The molecule has 7 nitrogen and oxygen atoms in total. The Kier molecular flexibility index (Phi) is 5.38. The van der Waals surface area contributed by atoms with Gasteiger partial charge in [0.2, 0.25) is 0 Å². The van der Waals surface area contributed by atoms with Crippen LogP contribution in [-0.2, 0) is 11.3 Å². The Morgan fingerprint density at radius 3 is 2.26 bits per heavy atom. The van der Waals surface area contributed by atoms with Crippen LogP contribution in [0.25, 0.3) is 10.9 Å². The number of fused-ring (bicyclic) bond motifs is 1. The zero-order valence-corrected chi connectivity index (χ0v) is 14.9. The summed E-state index contributed by atoms with van der Waals surface area (Å²) in [4.78, 5) is 4.18. The minimum absolute atomic E-state index is 0.131. The predicted molar refractivity (Wildman–Crippen MR) is 93.8 cm³/mol. The number of anilines is 1. The highest BCUT2D eigenvalue weighted by atomic mass is 32.2. The predicted octanol–water partition coefficient (Wildman–Crippen LogP) is 3.53. The summed E-state index contributed by atoms with van der Waals surface area (Å²) in [5, 5.41) is 0.441. The molecule has 0 aliphatic heterocycles. The van der Waals surface area contributed by atoms with Crippen molar-refractivity contribution in [3.63, 3.8) is 0 Å². The fraction of sp³-hybridized carbons (Fsp3) is 0.118. The van der Waals surface area contributed by atoms with Gasteiger partial charge in [-0.15, -0.1) is 0 Å². The van der Waals surface area contributed by atoms with Gasteiger partial charge in [-0.1, -0.05) is 0 Å². The summed E-state index contributed by atoms with van der Waals surface area (Å²) in [6.45, 7) is 0. The van der Waals surface area contributed by atoms with Gasteiger partial charge in [0.1, 0.15) is 5.75 Å². The maximum Gasteiger partial charge on any atom is 0.198 e. The number of ether oxygens (including phenoxy) is 3. The van der Waals surface area contributed by atoms with E-state index in [-0.39, 0.29) is 11.4 Å². The van der Waals surface area contributed by atoms with E-state index in [9.17, 15) is 17.5 Å². The Bertz CT molecular complexity index is 1010. The normalized spacial score (nSPS) is 11.9. The monoisotopic (exact) mass is 395 g/mol. The summed E-state index contributed by atoms with van der Waals surface area (Å²) in [6.07, 6.45) is 1.41. The third-order valence-electron chi connectivity index (χ3n) is 3.62. The SMILES string of the molecule is COc1cc2nccc(Oc3c(F)cc(NS(=O)[O-])cc3F)c2cc1OC. The molecule has 2 aromatic carbocycles. The molecule has 0 aliphatic carbocycles. The van der Waals surface area contributed by atoms with Gasteiger partial charge in [0.05, 0.1) is 25.4 Å². The number of halogens is 2. The van der Waals surface area contributed by atoms with Crippen molar-refractivity contribution in [3.8, 4) is 23.0 Å². The van der Waals surface area contributed by atoms with E-state index < -0.39 is 28.7 Å². The molecule has 0 amide bonds. The second-order valence-corrected chi connectivity index (χ2v) is 5.91. The molecule has 1 atom stereocenters. The van der Waals surface area contributed by atoms with Crippen LogP contribution < -0.4 is 18.9 Å². The molecule has 142 valence electrons. The highest BCUT2D eigenvalue weighted by molar-refractivity contribution is 7.80. The summed E-state index contributed by atoms with van der Waals surface area (Å²) >= 11 is -2.71. The Morgan fingerprint density at radius 2 is 1.67 bits per heavy atom. The smallest absolute Gasteiger partial charge is 0.198 e. The van der Waals surface area contributed by atoms with Gasteiger partial charge in [-0.2, -0.15) is 0 Å². The molecule has 3 rings (SSSR count). The van der Waals surface area contributed by atoms with Crippen molar-refractivity contribution in [2.75, 3.05) is 18.9 Å². The lowest BCUT2D eigenvalue weighted by Gasteiger charge is -2.14. The first-order chi connectivity index (χ1) is 12.9. The Hall–Kier alpha value is -2.98. The van der Waals surface area contributed by atoms with Crippen LogP contribution in [0.15, 0.2) is 36.5 Å². The average molecular weight is 395 g/mol. The Balaban J connectivity index is 2.05. The molecule has 0 aliphatic rings. The number of nitrogens with zero attached hydrogens (tertiary/aromatic N) is 1. The summed E-state index contributed by atoms with van der Waals surface area (Å²) < 4.78 is 67.4. The first-order valence-electron chi connectivity index (χ1n) is 7.46. The van der Waals surface area contributed by atoms with Crippen molar-refractivity contribution in [1.82, 2.24) is 4.98 Å². The number of aromatic nitrogens is 1. The van der Waals surface area contributed by atoms with Gasteiger partial charge < -0.3 is 23.5 Å². The van der Waals surface area contributed by atoms with Crippen LogP contribution in [0.1, 0.15) is 0 Å². The van der Waals surface area contributed by atoms with E-state index in [2.05, 4.69) is 4.98 Å². The largest absolute Gasteiger partial charge is 0.755 e. The van der Waals surface area contributed by atoms with Crippen LogP contribution in [0.3, 0.4) is 0 Å². The molecular formula is C17H13F2N2O5S-. The fourth-order valence-corrected chi connectivity index (χ4v) is 2.77. The number of hydrogen-bond donors (Lipinski definition) is 1. The lowest BCUT2D eigenvalue weighted by molar-refractivity contribution is 0.355. The second kappa shape index (κ2) is 7.72. The average Bonchev–Trinajstić information content (AvgIpc) is 2.63. The molecule has 27 heavy (non-hydrogen) atoms. The van der Waals surface area contributed by atoms with Crippen molar-refractivity contribution >= 4 is 27.9 Å². The molecule has 1 unspecified atom stereocenters. The number of pyridine rings is 1. The molecule has 0 fully saturated rings. The van der Waals surface area contributed by atoms with Crippen LogP contribution in [0.5, 0.6) is 23.0 Å². The van der Waals surface area contributed by atoms with Gasteiger partial charge in [-0.25, -0.2) is 8.78 Å². The summed E-state index contributed by atoms with van der Waals surface area (Å²) in [7, 11) is 2.92. The van der Waals surface area contributed by atoms with E-state index in [1.165, 1.54) is 26.5 Å². The second-order valence-electron chi connectivity index (χ2n) is 5.24. The fourth-order valence-electron chi connectivity index (χ4n) is 2.46. The molecule has 0 radical (unpaired) electrons. The summed E-state index contributed by atoms with van der Waals surface area (Å²) in [5.41, 5.74) is 0.197. The van der Waals surface area contributed by atoms with Crippen molar-refractivity contribution < 1.29 is 31.8 Å². The van der Waals surface area contributed by atoms with Crippen molar-refractivity contribution in [1.29, 1.82) is 0 Å². The molecule has 10 heteroatoms. The number of hydrogen-bond acceptors (Lipinski definition) is 6. The maximum absolute atomic E-state index is 14.2. The molecular weight excluding hydrogens is 382 g/mol. The van der Waals surface area contributed by atoms with Crippen LogP contribution in [0, 0.1) is 11.6 Å². The van der Waals surface area contributed by atoms with E-state index in [1.807, 2.05) is 4.72 Å². The molecule has 0 spiro atoms. The lowest BCUT2D eigenvalue weighted by atomic mass is 10.1. The molecule has 0 saturated carbocycles. The van der Waals surface area contributed by atoms with Crippen LogP contribution in [0.2, 0.25) is 0 Å². The van der Waals surface area contributed by atoms with Crippen LogP contribution in [-0.4, -0.2) is 28.0 Å². The van der Waals surface area contributed by atoms with Gasteiger partial charge in [0, 0.05) is 41.0 Å². The van der Waals surface area contributed by atoms with E-state index in [4.69, 9.17) is 14.2 Å². The number of methoxy groups -OCH3 is 2. The number of rotatable bonds is 6. The zero-order valence-electron chi connectivity index (χ0n) is 14.1. The van der Waals surface area contributed by atoms with Crippen molar-refractivity contribution in [2.24, 2.45) is 0 Å². The molecule has 0 bridgehead atoms. The Morgan fingerprint density at radius 1 is 1.04 bits per heavy atom. The molecule has 1 aromatic heterocycles. The van der Waals surface area contributed by atoms with Gasteiger partial charge in [0.25, 0.3) is 0 Å². The minimum atomic E-state index is -2.71. The van der Waals surface area contributed by atoms with Crippen molar-refractivity contribution in [3.05, 3.63) is 48.2 Å². The highest BCUT2D eigenvalue weighted by Gasteiger charge is 2.17. The van der Waals surface area contributed by atoms with Crippen LogP contribution >= 0.6 is 0 Å². The van der Waals surface area contributed by atoms with E-state index in [1.54, 1.807) is 12.1 Å². The standard InChI is InChI=1S/C17H14F2N2O5S/c1-24-15-7-10-13(8-16(15)25-2)20-4-3-14(10)26-17-11(18)5-9(6-12(17)19)21-27(22)23/h3-8,21H,1-2H3,(H,22,23)/p-1. The lowest BCUT2D eigenvalue weighted by Crippen LogP contribution is -2.04. The number of nitrogens with one attached hydrogen (secondary N) is 1. The molecule has 1 N–H and O–H groups in total. The van der Waals surface area contributed by atoms with Gasteiger partial charge in [0.15, 0.2) is 28.9 Å². The van der Waals surface area contributed by atoms with E-state index >= 15 is 0 Å². The summed E-state index contributed by atoms with van der Waals surface area (Å²) in [6, 6.07) is 6.22. The summed E-state index contributed by atoms with van der Waals surface area (Å²) in [5.74, 6) is -1.87. The number of benzene rings is 2. The first kappa shape index (κ1) is 18.8. The Labute approximate surface area is 155 Å². The quantitative estimate of drug-likeness (QED) is 0.642. The van der Waals surface area contributed by atoms with Gasteiger partial charge in [-0.3, -0.25) is 9.19 Å². The van der Waals surface area contributed by atoms with Gasteiger partial charge in [-0.05, 0) is 12.1 Å². The van der Waals surface area contributed by atoms with Crippen molar-refractivity contribution in [2.45, 2.75) is 0 Å². The molecule has 3 aromatic rings. The maximum atomic E-state index is 14.2. The zero-order chi connectivity index (χ0) is 19.6. The minimum Gasteiger partial charge on any atom is -0.755 e. The molecule has 0 saturated heterocycles. The third-order valence-corrected chi connectivity index (χ3v) is 4.02. The highest BCUT2D eigenvalue weighted by Crippen LogP contribution is 2.38. The topological polar surface area (TPSA) is 92.7 Å². The third kappa shape index (κ3) is 3.91.